The minimum Gasteiger partial charge on any atom is -0.467 e. The summed E-state index contributed by atoms with van der Waals surface area (Å²) in [5.74, 6) is -0.140. The van der Waals surface area contributed by atoms with E-state index in [0.29, 0.717) is 13.0 Å². The number of ether oxygens (including phenoxy) is 2. The molecule has 0 aromatic heterocycles. The van der Waals surface area contributed by atoms with E-state index in [1.165, 1.54) is 12.0 Å². The van der Waals surface area contributed by atoms with Crippen molar-refractivity contribution >= 4 is 12.1 Å². The van der Waals surface area contributed by atoms with Gasteiger partial charge in [0.05, 0.1) is 7.11 Å². The molecule has 1 saturated heterocycles. The van der Waals surface area contributed by atoms with E-state index in [1.807, 2.05) is 6.92 Å². The van der Waals surface area contributed by atoms with Crippen LogP contribution in [0.1, 0.15) is 41.0 Å². The zero-order chi connectivity index (χ0) is 14.1. The summed E-state index contributed by atoms with van der Waals surface area (Å²) >= 11 is 0. The molecule has 1 aliphatic rings. The van der Waals surface area contributed by atoms with E-state index in [4.69, 9.17) is 9.47 Å². The maximum atomic E-state index is 12.1. The summed E-state index contributed by atoms with van der Waals surface area (Å²) in [6.07, 6.45) is 0.138. The molecule has 1 heterocycles. The molecule has 0 radical (unpaired) electrons. The Hall–Kier alpha value is -1.26. The Bertz CT molecular complexity index is 347. The third-order valence-electron chi connectivity index (χ3n) is 3.07. The summed E-state index contributed by atoms with van der Waals surface area (Å²) in [6, 6.07) is 0. The standard InChI is InChI=1S/C13H23NO4/c1-9-7-13(5,10(15)17-6)14(8-9)11(16)18-12(2,3)4/h9H,7-8H2,1-6H3/t9-,13?/m0/s1. The largest absolute Gasteiger partial charge is 0.467 e. The zero-order valence-corrected chi connectivity index (χ0v) is 12.1. The van der Waals surface area contributed by atoms with Gasteiger partial charge in [0.25, 0.3) is 0 Å². The molecule has 1 amide bonds. The highest BCUT2D eigenvalue weighted by molar-refractivity contribution is 5.86. The molecular weight excluding hydrogens is 234 g/mol. The number of hydrogen-bond acceptors (Lipinski definition) is 4. The average Bonchev–Trinajstić information content (AvgIpc) is 2.51. The van der Waals surface area contributed by atoms with Crippen molar-refractivity contribution in [2.24, 2.45) is 5.92 Å². The second kappa shape index (κ2) is 4.78. The maximum absolute atomic E-state index is 12.1. The lowest BCUT2D eigenvalue weighted by molar-refractivity contribution is -0.152. The van der Waals surface area contributed by atoms with Crippen LogP contribution in [0, 0.1) is 5.92 Å². The van der Waals surface area contributed by atoms with Crippen LogP contribution in [0.5, 0.6) is 0 Å². The molecule has 0 aliphatic carbocycles. The first-order valence-electron chi connectivity index (χ1n) is 6.19. The predicted molar refractivity (Wildman–Crippen MR) is 67.1 cm³/mol. The van der Waals surface area contributed by atoms with Crippen molar-refractivity contribution in [1.29, 1.82) is 0 Å². The van der Waals surface area contributed by atoms with Crippen LogP contribution in [0.25, 0.3) is 0 Å². The fourth-order valence-corrected chi connectivity index (χ4v) is 2.37. The number of rotatable bonds is 1. The van der Waals surface area contributed by atoms with Crippen LogP contribution < -0.4 is 0 Å². The average molecular weight is 257 g/mol. The summed E-state index contributed by atoms with van der Waals surface area (Å²) in [5.41, 5.74) is -1.49. The second-order valence-corrected chi connectivity index (χ2v) is 6.17. The molecule has 0 saturated carbocycles. The number of carbonyl (C=O) groups is 2. The van der Waals surface area contributed by atoms with Crippen LogP contribution in [0.3, 0.4) is 0 Å². The van der Waals surface area contributed by atoms with E-state index in [-0.39, 0.29) is 5.92 Å². The van der Waals surface area contributed by atoms with E-state index < -0.39 is 23.2 Å². The molecule has 0 aromatic carbocycles. The summed E-state index contributed by atoms with van der Waals surface area (Å²) in [7, 11) is 1.34. The van der Waals surface area contributed by atoms with Gasteiger partial charge in [-0.25, -0.2) is 9.59 Å². The summed E-state index contributed by atoms with van der Waals surface area (Å²) in [6.45, 7) is 9.66. The lowest BCUT2D eigenvalue weighted by Gasteiger charge is -2.33. The highest BCUT2D eigenvalue weighted by atomic mass is 16.6. The number of methoxy groups -OCH3 is 1. The molecule has 0 N–H and O–H groups in total. The number of esters is 1. The molecule has 1 rings (SSSR count). The van der Waals surface area contributed by atoms with E-state index in [1.54, 1.807) is 27.7 Å². The van der Waals surface area contributed by atoms with Crippen LogP contribution in [-0.2, 0) is 14.3 Å². The van der Waals surface area contributed by atoms with E-state index >= 15 is 0 Å². The third kappa shape index (κ3) is 2.94. The van der Waals surface area contributed by atoms with Crippen LogP contribution in [0.2, 0.25) is 0 Å². The van der Waals surface area contributed by atoms with Gasteiger partial charge < -0.3 is 9.47 Å². The molecular formula is C13H23NO4. The molecule has 2 atom stereocenters. The molecule has 0 aromatic rings. The van der Waals surface area contributed by atoms with Gasteiger partial charge in [-0.15, -0.1) is 0 Å². The Morgan fingerprint density at radius 3 is 2.33 bits per heavy atom. The lowest BCUT2D eigenvalue weighted by atomic mass is 9.95. The van der Waals surface area contributed by atoms with Gasteiger partial charge in [0.15, 0.2) is 0 Å². The van der Waals surface area contributed by atoms with Crippen LogP contribution in [0.4, 0.5) is 4.79 Å². The Morgan fingerprint density at radius 1 is 1.33 bits per heavy atom. The molecule has 1 aliphatic heterocycles. The first-order valence-corrected chi connectivity index (χ1v) is 6.19. The lowest BCUT2D eigenvalue weighted by Crippen LogP contribution is -2.52. The smallest absolute Gasteiger partial charge is 0.411 e. The maximum Gasteiger partial charge on any atom is 0.411 e. The van der Waals surface area contributed by atoms with E-state index in [0.717, 1.165) is 0 Å². The van der Waals surface area contributed by atoms with Gasteiger partial charge in [0.1, 0.15) is 11.1 Å². The fourth-order valence-electron chi connectivity index (χ4n) is 2.37. The quantitative estimate of drug-likeness (QED) is 0.676. The van der Waals surface area contributed by atoms with Gasteiger partial charge in [-0.2, -0.15) is 0 Å². The summed E-state index contributed by atoms with van der Waals surface area (Å²) < 4.78 is 10.1. The minimum absolute atomic E-state index is 0.251. The summed E-state index contributed by atoms with van der Waals surface area (Å²) in [4.78, 5) is 25.5. The van der Waals surface area contributed by atoms with Gasteiger partial charge >= 0.3 is 12.1 Å². The van der Waals surface area contributed by atoms with Gasteiger partial charge in [-0.1, -0.05) is 6.92 Å². The van der Waals surface area contributed by atoms with Crippen molar-refractivity contribution in [3.63, 3.8) is 0 Å². The van der Waals surface area contributed by atoms with E-state index in [9.17, 15) is 9.59 Å². The number of hydrogen-bond donors (Lipinski definition) is 0. The topological polar surface area (TPSA) is 55.8 Å². The van der Waals surface area contributed by atoms with E-state index in [2.05, 4.69) is 0 Å². The molecule has 0 spiro atoms. The Labute approximate surface area is 108 Å². The van der Waals surface area contributed by atoms with Gasteiger partial charge in [0, 0.05) is 6.54 Å². The van der Waals surface area contributed by atoms with Gasteiger partial charge in [-0.3, -0.25) is 4.90 Å². The Morgan fingerprint density at radius 2 is 1.89 bits per heavy atom. The molecule has 1 unspecified atom stereocenters. The molecule has 104 valence electrons. The number of likely N-dealkylation sites (tertiary alicyclic amines) is 1. The van der Waals surface area contributed by atoms with Crippen molar-refractivity contribution < 1.29 is 19.1 Å². The first-order chi connectivity index (χ1) is 8.10. The minimum atomic E-state index is -0.920. The molecule has 0 bridgehead atoms. The first kappa shape index (κ1) is 14.8. The second-order valence-electron chi connectivity index (χ2n) is 6.17. The predicted octanol–water partition coefficient (Wildman–Crippen LogP) is 2.20. The molecule has 5 heteroatoms. The number of nitrogens with zero attached hydrogens (tertiary/aromatic N) is 1. The van der Waals surface area contributed by atoms with Crippen LogP contribution >= 0.6 is 0 Å². The monoisotopic (exact) mass is 257 g/mol. The molecule has 5 nitrogen and oxygen atoms in total. The van der Waals surface area contributed by atoms with Crippen molar-refractivity contribution in [3.05, 3.63) is 0 Å². The van der Waals surface area contributed by atoms with Crippen molar-refractivity contribution in [1.82, 2.24) is 4.90 Å². The SMILES string of the molecule is COC(=O)C1(C)C[C@H](C)CN1C(=O)OC(C)(C)C. The van der Waals surface area contributed by atoms with Crippen LogP contribution in [0.15, 0.2) is 0 Å². The Balaban J connectivity index is 2.92. The number of carbonyl (C=O) groups excluding carboxylic acids is 2. The molecule has 18 heavy (non-hydrogen) atoms. The van der Waals surface area contributed by atoms with Crippen LogP contribution in [-0.4, -0.2) is 41.8 Å². The fraction of sp³-hybridized carbons (Fsp3) is 0.846. The summed E-state index contributed by atoms with van der Waals surface area (Å²) in [5, 5.41) is 0. The third-order valence-corrected chi connectivity index (χ3v) is 3.07. The Kier molecular flexibility index (Phi) is 3.93. The zero-order valence-electron chi connectivity index (χ0n) is 12.1. The normalized spacial score (nSPS) is 28.1. The van der Waals surface area contributed by atoms with Crippen molar-refractivity contribution in [3.8, 4) is 0 Å². The number of amides is 1. The molecule has 1 fully saturated rings. The van der Waals surface area contributed by atoms with Crippen molar-refractivity contribution in [2.75, 3.05) is 13.7 Å². The van der Waals surface area contributed by atoms with Gasteiger partial charge in [-0.05, 0) is 40.0 Å². The van der Waals surface area contributed by atoms with Crippen molar-refractivity contribution in [2.45, 2.75) is 52.2 Å². The highest BCUT2D eigenvalue weighted by Crippen LogP contribution is 2.35. The van der Waals surface area contributed by atoms with Gasteiger partial charge in [0.2, 0.25) is 0 Å². The highest BCUT2D eigenvalue weighted by Gasteiger charge is 2.50.